The van der Waals surface area contributed by atoms with Crippen molar-refractivity contribution < 1.29 is 10.2 Å². The zero-order valence-corrected chi connectivity index (χ0v) is 14.7. The molecule has 6 nitrogen and oxygen atoms in total. The van der Waals surface area contributed by atoms with Crippen LogP contribution < -0.4 is 10.6 Å². The van der Waals surface area contributed by atoms with Crippen LogP contribution in [0.4, 0.5) is 17.5 Å². The first kappa shape index (κ1) is 17.7. The van der Waals surface area contributed by atoms with E-state index in [4.69, 9.17) is 0 Å². The molecule has 1 atom stereocenters. The number of benzene rings is 1. The van der Waals surface area contributed by atoms with E-state index in [9.17, 15) is 10.2 Å². The highest BCUT2D eigenvalue weighted by atomic mass is 79.9. The Hall–Kier alpha value is -1.70. The lowest BCUT2D eigenvalue weighted by Gasteiger charge is -2.21. The van der Waals surface area contributed by atoms with Crippen LogP contribution in [0.1, 0.15) is 19.4 Å². The Morgan fingerprint density at radius 3 is 2.70 bits per heavy atom. The summed E-state index contributed by atoms with van der Waals surface area (Å²) in [5.74, 6) is 1.32. The van der Waals surface area contributed by atoms with Gasteiger partial charge < -0.3 is 20.8 Å². The number of aliphatic hydroxyl groups is 2. The number of nitrogens with one attached hydrogen (secondary N) is 2. The summed E-state index contributed by atoms with van der Waals surface area (Å²) in [5, 5.41) is 25.0. The van der Waals surface area contributed by atoms with Crippen LogP contribution in [0.3, 0.4) is 0 Å². The van der Waals surface area contributed by atoms with Crippen LogP contribution in [-0.2, 0) is 6.61 Å². The molecule has 7 heteroatoms. The first-order valence-corrected chi connectivity index (χ1v) is 8.19. The first-order chi connectivity index (χ1) is 11.0. The smallest absolute Gasteiger partial charge is 0.229 e. The van der Waals surface area contributed by atoms with Crippen LogP contribution in [0, 0.1) is 5.92 Å². The molecule has 0 aliphatic heterocycles. The van der Waals surface area contributed by atoms with E-state index >= 15 is 0 Å². The molecule has 0 unspecified atom stereocenters. The minimum atomic E-state index is -0.0910. The molecule has 4 N–H and O–H groups in total. The van der Waals surface area contributed by atoms with E-state index in [0.717, 1.165) is 15.7 Å². The summed E-state index contributed by atoms with van der Waals surface area (Å²) in [7, 11) is 0. The number of nitrogens with zero attached hydrogens (tertiary/aromatic N) is 2. The van der Waals surface area contributed by atoms with Gasteiger partial charge in [0, 0.05) is 11.9 Å². The van der Waals surface area contributed by atoms with Gasteiger partial charge in [-0.1, -0.05) is 26.0 Å². The van der Waals surface area contributed by atoms with Gasteiger partial charge in [-0.2, -0.15) is 4.98 Å². The van der Waals surface area contributed by atoms with Crippen molar-refractivity contribution in [3.63, 3.8) is 0 Å². The van der Waals surface area contributed by atoms with Gasteiger partial charge in [-0.15, -0.1) is 0 Å². The molecule has 124 valence electrons. The van der Waals surface area contributed by atoms with E-state index < -0.39 is 0 Å². The second-order valence-corrected chi connectivity index (χ2v) is 6.41. The largest absolute Gasteiger partial charge is 0.394 e. The van der Waals surface area contributed by atoms with Gasteiger partial charge >= 0.3 is 0 Å². The summed E-state index contributed by atoms with van der Waals surface area (Å²) < 4.78 is 0.728. The Morgan fingerprint density at radius 1 is 1.26 bits per heavy atom. The average Bonchev–Trinajstić information content (AvgIpc) is 2.55. The highest BCUT2D eigenvalue weighted by Crippen LogP contribution is 2.24. The quantitative estimate of drug-likeness (QED) is 0.590. The average molecular weight is 381 g/mol. The monoisotopic (exact) mass is 380 g/mol. The van der Waals surface area contributed by atoms with Gasteiger partial charge in [-0.3, -0.25) is 0 Å². The second-order valence-electron chi connectivity index (χ2n) is 5.55. The molecule has 1 aromatic carbocycles. The van der Waals surface area contributed by atoms with Crippen LogP contribution in [0.5, 0.6) is 0 Å². The van der Waals surface area contributed by atoms with Crippen LogP contribution in [0.2, 0.25) is 0 Å². The SMILES string of the molecule is CC(C)[C@H](CO)Nc1nc(Nc2cccc(CO)c2)ncc1Br. The predicted octanol–water partition coefficient (Wildman–Crippen LogP) is 2.90. The van der Waals surface area contributed by atoms with Crippen LogP contribution in [0.15, 0.2) is 34.9 Å². The lowest BCUT2D eigenvalue weighted by molar-refractivity contribution is 0.249. The number of hydrogen-bond acceptors (Lipinski definition) is 6. The van der Waals surface area contributed by atoms with Gasteiger partial charge in [0.1, 0.15) is 5.82 Å². The van der Waals surface area contributed by atoms with Crippen molar-refractivity contribution in [2.75, 3.05) is 17.2 Å². The van der Waals surface area contributed by atoms with Crippen molar-refractivity contribution in [2.24, 2.45) is 5.92 Å². The number of rotatable bonds is 7. The lowest BCUT2D eigenvalue weighted by atomic mass is 10.1. The van der Waals surface area contributed by atoms with Crippen molar-refractivity contribution in [2.45, 2.75) is 26.5 Å². The third-order valence-electron chi connectivity index (χ3n) is 3.43. The molecular formula is C16H21BrN4O2. The van der Waals surface area contributed by atoms with Crippen molar-refractivity contribution >= 4 is 33.4 Å². The lowest BCUT2D eigenvalue weighted by Crippen LogP contribution is -2.30. The third kappa shape index (κ3) is 4.89. The van der Waals surface area contributed by atoms with Gasteiger partial charge in [-0.25, -0.2) is 4.98 Å². The number of hydrogen-bond donors (Lipinski definition) is 4. The van der Waals surface area contributed by atoms with E-state index in [-0.39, 0.29) is 25.2 Å². The van der Waals surface area contributed by atoms with Gasteiger partial charge in [-0.05, 0) is 39.5 Å². The number of anilines is 3. The predicted molar refractivity (Wildman–Crippen MR) is 94.7 cm³/mol. The van der Waals surface area contributed by atoms with Gasteiger partial charge in [0.2, 0.25) is 5.95 Å². The molecule has 23 heavy (non-hydrogen) atoms. The van der Waals surface area contributed by atoms with Gasteiger partial charge in [0.15, 0.2) is 0 Å². The van der Waals surface area contributed by atoms with Crippen LogP contribution in [-0.4, -0.2) is 32.8 Å². The Bertz CT molecular complexity index is 652. The van der Waals surface area contributed by atoms with E-state index in [2.05, 4.69) is 36.5 Å². The molecule has 2 aromatic rings. The number of aliphatic hydroxyl groups excluding tert-OH is 2. The zero-order chi connectivity index (χ0) is 16.8. The summed E-state index contributed by atoms with van der Waals surface area (Å²) >= 11 is 3.42. The molecule has 0 saturated carbocycles. The maximum atomic E-state index is 9.45. The summed E-state index contributed by atoms with van der Waals surface area (Å²) in [6.07, 6.45) is 1.66. The van der Waals surface area contributed by atoms with E-state index in [0.29, 0.717) is 11.8 Å². The fraction of sp³-hybridized carbons (Fsp3) is 0.375. The Balaban J connectivity index is 2.19. The van der Waals surface area contributed by atoms with Crippen molar-refractivity contribution in [1.29, 1.82) is 0 Å². The molecular weight excluding hydrogens is 360 g/mol. The van der Waals surface area contributed by atoms with Crippen molar-refractivity contribution in [3.8, 4) is 0 Å². The zero-order valence-electron chi connectivity index (χ0n) is 13.1. The van der Waals surface area contributed by atoms with Crippen LogP contribution in [0.25, 0.3) is 0 Å². The normalized spacial score (nSPS) is 12.3. The van der Waals surface area contributed by atoms with E-state index in [1.165, 1.54) is 0 Å². The number of halogens is 1. The van der Waals surface area contributed by atoms with E-state index in [1.807, 2.05) is 38.1 Å². The first-order valence-electron chi connectivity index (χ1n) is 7.40. The fourth-order valence-corrected chi connectivity index (χ4v) is 2.31. The minimum Gasteiger partial charge on any atom is -0.394 e. The Labute approximate surface area is 144 Å². The maximum Gasteiger partial charge on any atom is 0.229 e. The van der Waals surface area contributed by atoms with Gasteiger partial charge in [0.25, 0.3) is 0 Å². The van der Waals surface area contributed by atoms with Crippen molar-refractivity contribution in [1.82, 2.24) is 9.97 Å². The molecule has 0 amide bonds. The van der Waals surface area contributed by atoms with E-state index in [1.54, 1.807) is 6.20 Å². The topological polar surface area (TPSA) is 90.3 Å². The second kappa shape index (κ2) is 8.24. The maximum absolute atomic E-state index is 9.45. The molecule has 0 radical (unpaired) electrons. The highest BCUT2D eigenvalue weighted by Gasteiger charge is 2.15. The standard InChI is InChI=1S/C16H21BrN4O2/c1-10(2)14(9-23)20-15-13(17)7-18-16(21-15)19-12-5-3-4-11(6-12)8-22/h3-7,10,14,22-23H,8-9H2,1-2H3,(H2,18,19,20,21)/t14-/m0/s1. The molecule has 1 aromatic heterocycles. The minimum absolute atomic E-state index is 0.0178. The molecule has 0 aliphatic carbocycles. The Kier molecular flexibility index (Phi) is 6.32. The number of aromatic nitrogens is 2. The van der Waals surface area contributed by atoms with Crippen LogP contribution >= 0.6 is 15.9 Å². The molecule has 0 bridgehead atoms. The van der Waals surface area contributed by atoms with Gasteiger partial charge in [0.05, 0.1) is 23.7 Å². The van der Waals surface area contributed by atoms with Crippen molar-refractivity contribution in [3.05, 3.63) is 40.5 Å². The molecule has 1 heterocycles. The molecule has 0 fully saturated rings. The Morgan fingerprint density at radius 2 is 2.04 bits per heavy atom. The summed E-state index contributed by atoms with van der Waals surface area (Å²) in [4.78, 5) is 8.67. The molecule has 0 saturated heterocycles. The molecule has 2 rings (SSSR count). The summed E-state index contributed by atoms with van der Waals surface area (Å²) in [5.41, 5.74) is 1.61. The highest BCUT2D eigenvalue weighted by molar-refractivity contribution is 9.10. The summed E-state index contributed by atoms with van der Waals surface area (Å²) in [6, 6.07) is 7.32. The third-order valence-corrected chi connectivity index (χ3v) is 4.01. The summed E-state index contributed by atoms with van der Waals surface area (Å²) in [6.45, 7) is 4.07. The fourth-order valence-electron chi connectivity index (χ4n) is 2.00. The molecule has 0 aliphatic rings. The molecule has 0 spiro atoms.